The van der Waals surface area contributed by atoms with Crippen LogP contribution in [0, 0.1) is 0 Å². The lowest BCUT2D eigenvalue weighted by Gasteiger charge is -2.15. The molecule has 2 heterocycles. The summed E-state index contributed by atoms with van der Waals surface area (Å²) in [6.07, 6.45) is 3.13. The van der Waals surface area contributed by atoms with Crippen molar-refractivity contribution < 1.29 is 18.8 Å². The van der Waals surface area contributed by atoms with E-state index in [9.17, 15) is 4.79 Å². The second-order valence-electron chi connectivity index (χ2n) is 3.85. The maximum absolute atomic E-state index is 10.7. The molecule has 0 spiro atoms. The summed E-state index contributed by atoms with van der Waals surface area (Å²) in [5, 5.41) is 12.6. The van der Waals surface area contributed by atoms with Crippen LogP contribution in [0.1, 0.15) is 5.82 Å². The molecule has 0 aliphatic rings. The molecule has 19 heavy (non-hydrogen) atoms. The zero-order chi connectivity index (χ0) is 13.7. The Morgan fingerprint density at radius 2 is 2.42 bits per heavy atom. The van der Waals surface area contributed by atoms with Gasteiger partial charge in [-0.25, -0.2) is 0 Å². The van der Waals surface area contributed by atoms with Gasteiger partial charge in [-0.2, -0.15) is 4.98 Å². The molecule has 0 bridgehead atoms. The highest BCUT2D eigenvalue weighted by Gasteiger charge is 2.15. The molecular weight excluding hydrogens is 250 g/mol. The Kier molecular flexibility index (Phi) is 4.09. The van der Waals surface area contributed by atoms with Gasteiger partial charge < -0.3 is 14.0 Å². The fourth-order valence-corrected chi connectivity index (χ4v) is 1.58. The van der Waals surface area contributed by atoms with Gasteiger partial charge in [-0.3, -0.25) is 9.69 Å². The van der Waals surface area contributed by atoms with Crippen molar-refractivity contribution in [2.24, 2.45) is 0 Å². The number of hydrogen-bond acceptors (Lipinski definition) is 6. The summed E-state index contributed by atoms with van der Waals surface area (Å²) >= 11 is 0. The Labute approximate surface area is 109 Å². The third-order valence-corrected chi connectivity index (χ3v) is 2.31. The van der Waals surface area contributed by atoms with E-state index in [0.29, 0.717) is 18.1 Å². The zero-order valence-corrected chi connectivity index (χ0v) is 10.2. The number of carboxylic acids is 1. The van der Waals surface area contributed by atoms with Gasteiger partial charge in [0, 0.05) is 6.54 Å². The summed E-state index contributed by atoms with van der Waals surface area (Å²) < 4.78 is 10.2. The highest BCUT2D eigenvalue weighted by Crippen LogP contribution is 2.17. The predicted octanol–water partition coefficient (Wildman–Crippen LogP) is 1.40. The van der Waals surface area contributed by atoms with Crippen molar-refractivity contribution in [3.63, 3.8) is 0 Å². The smallest absolute Gasteiger partial charge is 0.317 e. The van der Waals surface area contributed by atoms with E-state index >= 15 is 0 Å². The lowest BCUT2D eigenvalue weighted by Crippen LogP contribution is -2.29. The molecule has 0 aromatic carbocycles. The van der Waals surface area contributed by atoms with E-state index in [0.717, 1.165) is 0 Å². The minimum atomic E-state index is -0.920. The Morgan fingerprint density at radius 1 is 1.58 bits per heavy atom. The Morgan fingerprint density at radius 3 is 3.05 bits per heavy atom. The summed E-state index contributed by atoms with van der Waals surface area (Å²) in [5.41, 5.74) is 0. The van der Waals surface area contributed by atoms with Crippen molar-refractivity contribution in [1.29, 1.82) is 0 Å². The van der Waals surface area contributed by atoms with Crippen molar-refractivity contribution in [2.75, 3.05) is 13.1 Å². The van der Waals surface area contributed by atoms with Crippen molar-refractivity contribution in [3.8, 4) is 11.7 Å². The van der Waals surface area contributed by atoms with E-state index in [1.807, 2.05) is 0 Å². The molecule has 0 radical (unpaired) electrons. The molecule has 0 atom stereocenters. The zero-order valence-electron chi connectivity index (χ0n) is 10.2. The maximum Gasteiger partial charge on any atom is 0.317 e. The first kappa shape index (κ1) is 13.0. The minimum absolute atomic E-state index is 0.114. The van der Waals surface area contributed by atoms with Gasteiger partial charge in [0.05, 0.1) is 19.4 Å². The summed E-state index contributed by atoms with van der Waals surface area (Å²) in [6, 6.07) is 3.42. The first-order chi connectivity index (χ1) is 9.19. The standard InChI is InChI=1S/C12H13N3O4/c1-2-5-15(8-11(16)17)7-10-13-12(19-14-10)9-4-3-6-18-9/h2-4,6H,1,5,7-8H2,(H,16,17). The maximum atomic E-state index is 10.7. The van der Waals surface area contributed by atoms with E-state index in [1.165, 1.54) is 6.26 Å². The first-order valence-corrected chi connectivity index (χ1v) is 5.60. The van der Waals surface area contributed by atoms with Gasteiger partial charge in [-0.1, -0.05) is 11.2 Å². The molecule has 0 unspecified atom stereocenters. The van der Waals surface area contributed by atoms with Crippen LogP contribution in [-0.2, 0) is 11.3 Å². The van der Waals surface area contributed by atoms with Crippen LogP contribution < -0.4 is 0 Å². The molecule has 100 valence electrons. The number of hydrogen-bond donors (Lipinski definition) is 1. The first-order valence-electron chi connectivity index (χ1n) is 5.60. The lowest BCUT2D eigenvalue weighted by atomic mass is 10.4. The van der Waals surface area contributed by atoms with E-state index in [4.69, 9.17) is 14.0 Å². The SMILES string of the molecule is C=CCN(CC(=O)O)Cc1noc(-c2ccco2)n1. The number of nitrogens with zero attached hydrogens (tertiary/aromatic N) is 3. The number of carbonyl (C=O) groups is 1. The molecular formula is C12H13N3O4. The van der Waals surface area contributed by atoms with Gasteiger partial charge in [0.2, 0.25) is 0 Å². The van der Waals surface area contributed by atoms with Gasteiger partial charge in [0.25, 0.3) is 5.89 Å². The van der Waals surface area contributed by atoms with Crippen molar-refractivity contribution in [1.82, 2.24) is 15.0 Å². The van der Waals surface area contributed by atoms with Crippen molar-refractivity contribution in [3.05, 3.63) is 36.9 Å². The molecule has 2 aromatic heterocycles. The van der Waals surface area contributed by atoms with Gasteiger partial charge >= 0.3 is 5.97 Å². The summed E-state index contributed by atoms with van der Waals surface area (Å²) in [5.74, 6) is 0.229. The van der Waals surface area contributed by atoms with Crippen LogP contribution in [0.4, 0.5) is 0 Å². The van der Waals surface area contributed by atoms with E-state index in [1.54, 1.807) is 23.1 Å². The quantitative estimate of drug-likeness (QED) is 0.754. The molecule has 0 saturated heterocycles. The third kappa shape index (κ3) is 3.52. The molecule has 0 aliphatic heterocycles. The van der Waals surface area contributed by atoms with Crippen LogP contribution in [0.25, 0.3) is 11.7 Å². The highest BCUT2D eigenvalue weighted by molar-refractivity contribution is 5.69. The molecule has 0 saturated carbocycles. The fourth-order valence-electron chi connectivity index (χ4n) is 1.58. The van der Waals surface area contributed by atoms with E-state index in [-0.39, 0.29) is 19.0 Å². The molecule has 0 amide bonds. The fraction of sp³-hybridized carbons (Fsp3) is 0.250. The molecule has 2 rings (SSSR count). The number of furan rings is 1. The molecule has 0 fully saturated rings. The monoisotopic (exact) mass is 263 g/mol. The van der Waals surface area contributed by atoms with Crippen LogP contribution in [0.15, 0.2) is 40.0 Å². The number of carboxylic acid groups (broad SMARTS) is 1. The number of aliphatic carboxylic acids is 1. The van der Waals surface area contributed by atoms with Crippen LogP contribution in [-0.4, -0.2) is 39.2 Å². The van der Waals surface area contributed by atoms with Gasteiger partial charge in [-0.15, -0.1) is 6.58 Å². The molecule has 7 nitrogen and oxygen atoms in total. The summed E-state index contributed by atoms with van der Waals surface area (Å²) in [7, 11) is 0. The normalized spacial score (nSPS) is 10.8. The average molecular weight is 263 g/mol. The van der Waals surface area contributed by atoms with Crippen LogP contribution in [0.3, 0.4) is 0 Å². The number of aromatic nitrogens is 2. The molecule has 2 aromatic rings. The van der Waals surface area contributed by atoms with Gasteiger partial charge in [0.1, 0.15) is 0 Å². The Hall–Kier alpha value is -2.41. The second-order valence-corrected chi connectivity index (χ2v) is 3.85. The molecule has 0 aliphatic carbocycles. The highest BCUT2D eigenvalue weighted by atomic mass is 16.5. The van der Waals surface area contributed by atoms with Crippen LogP contribution >= 0.6 is 0 Å². The van der Waals surface area contributed by atoms with E-state index < -0.39 is 5.97 Å². The van der Waals surface area contributed by atoms with Crippen molar-refractivity contribution in [2.45, 2.75) is 6.54 Å². The summed E-state index contributed by atoms with van der Waals surface area (Å²) in [6.45, 7) is 4.16. The Balaban J connectivity index is 2.05. The van der Waals surface area contributed by atoms with Crippen LogP contribution in [0.2, 0.25) is 0 Å². The predicted molar refractivity (Wildman–Crippen MR) is 65.1 cm³/mol. The van der Waals surface area contributed by atoms with Crippen LogP contribution in [0.5, 0.6) is 0 Å². The second kappa shape index (κ2) is 5.96. The topological polar surface area (TPSA) is 92.6 Å². The van der Waals surface area contributed by atoms with E-state index in [2.05, 4.69) is 16.7 Å². The largest absolute Gasteiger partial charge is 0.480 e. The summed E-state index contributed by atoms with van der Waals surface area (Å²) in [4.78, 5) is 16.5. The minimum Gasteiger partial charge on any atom is -0.480 e. The lowest BCUT2D eigenvalue weighted by molar-refractivity contribution is -0.138. The third-order valence-electron chi connectivity index (χ3n) is 2.31. The van der Waals surface area contributed by atoms with Gasteiger partial charge in [0.15, 0.2) is 11.6 Å². The molecule has 1 N–H and O–H groups in total. The Bertz CT molecular complexity index is 547. The van der Waals surface area contributed by atoms with Gasteiger partial charge in [-0.05, 0) is 12.1 Å². The average Bonchev–Trinajstić information content (AvgIpc) is 2.97. The molecule has 7 heteroatoms. The van der Waals surface area contributed by atoms with Crippen molar-refractivity contribution >= 4 is 5.97 Å². The number of rotatable bonds is 7.